The smallest absolute Gasteiger partial charge is 0.121 e. The zero-order valence-corrected chi connectivity index (χ0v) is 12.2. The van der Waals surface area contributed by atoms with Gasteiger partial charge in [0.1, 0.15) is 5.75 Å². The van der Waals surface area contributed by atoms with Gasteiger partial charge in [-0.3, -0.25) is 0 Å². The Hall–Kier alpha value is -2.16. The van der Waals surface area contributed by atoms with E-state index in [0.717, 1.165) is 36.5 Å². The van der Waals surface area contributed by atoms with Gasteiger partial charge in [-0.2, -0.15) is 0 Å². The van der Waals surface area contributed by atoms with Gasteiger partial charge in [-0.15, -0.1) is 0 Å². The highest BCUT2D eigenvalue weighted by molar-refractivity contribution is 5.69. The molecule has 2 aromatic carbocycles. The lowest BCUT2D eigenvalue weighted by atomic mass is 10.1. The Morgan fingerprint density at radius 2 is 1.85 bits per heavy atom. The summed E-state index contributed by atoms with van der Waals surface area (Å²) in [5.41, 5.74) is 9.25. The van der Waals surface area contributed by atoms with Crippen LogP contribution in [0.25, 0.3) is 0 Å². The molecule has 0 spiro atoms. The Kier molecular flexibility index (Phi) is 4.88. The van der Waals surface area contributed by atoms with E-state index in [2.05, 4.69) is 36.2 Å². The number of aryl methyl sites for hydroxylation is 1. The molecule has 0 atom stereocenters. The molecule has 3 nitrogen and oxygen atoms in total. The molecule has 0 aromatic heterocycles. The van der Waals surface area contributed by atoms with Crippen molar-refractivity contribution < 1.29 is 4.74 Å². The number of nitrogens with zero attached hydrogens (tertiary/aromatic N) is 1. The minimum absolute atomic E-state index is 0.756. The van der Waals surface area contributed by atoms with E-state index in [9.17, 15) is 0 Å². The van der Waals surface area contributed by atoms with E-state index in [1.165, 1.54) is 5.56 Å². The van der Waals surface area contributed by atoms with Gasteiger partial charge in [-0.25, -0.2) is 0 Å². The highest BCUT2D eigenvalue weighted by Gasteiger charge is 2.06. The van der Waals surface area contributed by atoms with Crippen LogP contribution in [0.2, 0.25) is 0 Å². The number of nitrogen functional groups attached to an aromatic ring is 1. The van der Waals surface area contributed by atoms with Crippen molar-refractivity contribution in [2.45, 2.75) is 12.8 Å². The third kappa shape index (κ3) is 3.67. The van der Waals surface area contributed by atoms with Gasteiger partial charge >= 0.3 is 0 Å². The minimum atomic E-state index is 0.756. The second kappa shape index (κ2) is 6.85. The Morgan fingerprint density at radius 1 is 1.10 bits per heavy atom. The first-order chi connectivity index (χ1) is 9.70. The number of hydrogen-bond donors (Lipinski definition) is 1. The van der Waals surface area contributed by atoms with Gasteiger partial charge in [0.15, 0.2) is 0 Å². The van der Waals surface area contributed by atoms with Crippen molar-refractivity contribution in [3.8, 4) is 5.75 Å². The van der Waals surface area contributed by atoms with Crippen molar-refractivity contribution in [3.63, 3.8) is 0 Å². The first-order valence-electron chi connectivity index (χ1n) is 6.89. The second-order valence-electron chi connectivity index (χ2n) is 4.94. The first-order valence-corrected chi connectivity index (χ1v) is 6.89. The molecule has 0 fully saturated rings. The molecule has 0 unspecified atom stereocenters. The average molecular weight is 270 g/mol. The number of methoxy groups -OCH3 is 1. The number of rotatable bonds is 6. The van der Waals surface area contributed by atoms with Crippen LogP contribution in [0.5, 0.6) is 5.75 Å². The summed E-state index contributed by atoms with van der Waals surface area (Å²) in [5, 5.41) is 0. The predicted octanol–water partition coefficient (Wildman–Crippen LogP) is 3.35. The number of anilines is 2. The van der Waals surface area contributed by atoms with Gasteiger partial charge in [-0.05, 0) is 30.5 Å². The summed E-state index contributed by atoms with van der Waals surface area (Å²) in [6, 6.07) is 16.4. The van der Waals surface area contributed by atoms with Crippen LogP contribution in [-0.2, 0) is 6.42 Å². The zero-order chi connectivity index (χ0) is 14.4. The second-order valence-corrected chi connectivity index (χ2v) is 4.94. The van der Waals surface area contributed by atoms with Crippen LogP contribution in [-0.4, -0.2) is 20.7 Å². The fraction of sp³-hybridized carbons (Fsp3) is 0.294. The molecule has 0 radical (unpaired) electrons. The standard InChI is InChI=1S/C17H22N2O/c1-19(12-6-9-14-7-4-3-5-8-14)17-11-10-15(20-2)13-16(17)18/h3-5,7-8,10-11,13H,6,9,12,18H2,1-2H3. The van der Waals surface area contributed by atoms with E-state index < -0.39 is 0 Å². The van der Waals surface area contributed by atoms with Crippen molar-refractivity contribution >= 4 is 11.4 Å². The predicted molar refractivity (Wildman–Crippen MR) is 85.4 cm³/mol. The van der Waals surface area contributed by atoms with Crippen LogP contribution in [0.3, 0.4) is 0 Å². The Labute approximate surface area is 121 Å². The highest BCUT2D eigenvalue weighted by Crippen LogP contribution is 2.26. The van der Waals surface area contributed by atoms with Crippen molar-refractivity contribution in [1.82, 2.24) is 0 Å². The van der Waals surface area contributed by atoms with Crippen LogP contribution in [0, 0.1) is 0 Å². The summed E-state index contributed by atoms with van der Waals surface area (Å²) < 4.78 is 5.17. The summed E-state index contributed by atoms with van der Waals surface area (Å²) in [6.07, 6.45) is 2.19. The summed E-state index contributed by atoms with van der Waals surface area (Å²) in [4.78, 5) is 2.19. The van der Waals surface area contributed by atoms with Crippen molar-refractivity contribution in [2.24, 2.45) is 0 Å². The Bertz CT molecular complexity index is 540. The zero-order valence-electron chi connectivity index (χ0n) is 12.2. The first kappa shape index (κ1) is 14.3. The van der Waals surface area contributed by atoms with Crippen molar-refractivity contribution in [1.29, 1.82) is 0 Å². The molecule has 0 saturated carbocycles. The molecular weight excluding hydrogens is 248 g/mol. The topological polar surface area (TPSA) is 38.5 Å². The van der Waals surface area contributed by atoms with E-state index in [1.54, 1.807) is 7.11 Å². The normalized spacial score (nSPS) is 10.3. The fourth-order valence-corrected chi connectivity index (χ4v) is 2.29. The van der Waals surface area contributed by atoms with Crippen LogP contribution < -0.4 is 15.4 Å². The molecule has 3 heteroatoms. The summed E-state index contributed by atoms with van der Waals surface area (Å²) in [6.45, 7) is 0.978. The largest absolute Gasteiger partial charge is 0.497 e. The molecule has 2 N–H and O–H groups in total. The van der Waals surface area contributed by atoms with Crippen molar-refractivity contribution in [3.05, 3.63) is 54.1 Å². The van der Waals surface area contributed by atoms with E-state index in [1.807, 2.05) is 24.3 Å². The molecular formula is C17H22N2O. The molecule has 0 bridgehead atoms. The number of ether oxygens (including phenoxy) is 1. The maximum absolute atomic E-state index is 6.06. The summed E-state index contributed by atoms with van der Waals surface area (Å²) >= 11 is 0. The lowest BCUT2D eigenvalue weighted by Gasteiger charge is -2.21. The van der Waals surface area contributed by atoms with Crippen molar-refractivity contribution in [2.75, 3.05) is 31.3 Å². The molecule has 2 aromatic rings. The lowest BCUT2D eigenvalue weighted by Crippen LogP contribution is -2.20. The average Bonchev–Trinajstić information content (AvgIpc) is 2.48. The van der Waals surface area contributed by atoms with E-state index in [0.29, 0.717) is 0 Å². The molecule has 0 aliphatic rings. The highest BCUT2D eigenvalue weighted by atomic mass is 16.5. The quantitative estimate of drug-likeness (QED) is 0.818. The van der Waals surface area contributed by atoms with Crippen LogP contribution >= 0.6 is 0 Å². The van der Waals surface area contributed by atoms with Gasteiger partial charge < -0.3 is 15.4 Å². The number of hydrogen-bond acceptors (Lipinski definition) is 3. The third-order valence-electron chi connectivity index (χ3n) is 3.45. The van der Waals surface area contributed by atoms with E-state index >= 15 is 0 Å². The molecule has 2 rings (SSSR count). The molecule has 106 valence electrons. The minimum Gasteiger partial charge on any atom is -0.497 e. The van der Waals surface area contributed by atoms with Gasteiger partial charge in [0.25, 0.3) is 0 Å². The number of nitrogens with two attached hydrogens (primary N) is 1. The number of benzene rings is 2. The van der Waals surface area contributed by atoms with E-state index in [-0.39, 0.29) is 0 Å². The summed E-state index contributed by atoms with van der Waals surface area (Å²) in [5.74, 6) is 0.795. The SMILES string of the molecule is COc1ccc(N(C)CCCc2ccccc2)c(N)c1. The van der Waals surface area contributed by atoms with Crippen LogP contribution in [0.4, 0.5) is 11.4 Å². The molecule has 20 heavy (non-hydrogen) atoms. The van der Waals surface area contributed by atoms with Crippen LogP contribution in [0.1, 0.15) is 12.0 Å². The third-order valence-corrected chi connectivity index (χ3v) is 3.45. The van der Waals surface area contributed by atoms with Gasteiger partial charge in [-0.1, -0.05) is 30.3 Å². The molecule has 0 heterocycles. The van der Waals surface area contributed by atoms with Gasteiger partial charge in [0.2, 0.25) is 0 Å². The van der Waals surface area contributed by atoms with Gasteiger partial charge in [0, 0.05) is 19.7 Å². The maximum Gasteiger partial charge on any atom is 0.121 e. The van der Waals surface area contributed by atoms with E-state index in [4.69, 9.17) is 10.5 Å². The molecule has 0 aliphatic carbocycles. The van der Waals surface area contributed by atoms with Gasteiger partial charge in [0.05, 0.1) is 18.5 Å². The fourth-order valence-electron chi connectivity index (χ4n) is 2.29. The maximum atomic E-state index is 6.06. The lowest BCUT2D eigenvalue weighted by molar-refractivity contribution is 0.415. The molecule has 0 aliphatic heterocycles. The Balaban J connectivity index is 1.90. The van der Waals surface area contributed by atoms with Crippen LogP contribution in [0.15, 0.2) is 48.5 Å². The Morgan fingerprint density at radius 3 is 2.50 bits per heavy atom. The molecule has 0 amide bonds. The summed E-state index contributed by atoms with van der Waals surface area (Å²) in [7, 11) is 3.72. The molecule has 0 saturated heterocycles. The monoisotopic (exact) mass is 270 g/mol.